The SMILES string of the molecule is C=CC(=O)OCCOC(=O)C1CCCCC1C(=O)OC1CC(C)(C)N(C)C(C)(C)C1. The van der Waals surface area contributed by atoms with Crippen LogP contribution in [0, 0.1) is 11.8 Å². The van der Waals surface area contributed by atoms with Gasteiger partial charge in [0.15, 0.2) is 0 Å². The number of carbonyl (C=O) groups excluding carboxylic acids is 3. The quantitative estimate of drug-likeness (QED) is 0.269. The van der Waals surface area contributed by atoms with Crippen LogP contribution in [0.5, 0.6) is 0 Å². The first-order valence-electron chi connectivity index (χ1n) is 10.9. The van der Waals surface area contributed by atoms with Crippen molar-refractivity contribution < 1.29 is 28.6 Å². The summed E-state index contributed by atoms with van der Waals surface area (Å²) in [5.74, 6) is -2.26. The Morgan fingerprint density at radius 3 is 1.97 bits per heavy atom. The number of rotatable bonds is 7. The van der Waals surface area contributed by atoms with Gasteiger partial charge in [-0.1, -0.05) is 19.4 Å². The number of piperidine rings is 1. The molecule has 0 radical (unpaired) electrons. The maximum Gasteiger partial charge on any atom is 0.330 e. The molecule has 1 aliphatic carbocycles. The predicted molar refractivity (Wildman–Crippen MR) is 113 cm³/mol. The third-order valence-corrected chi connectivity index (χ3v) is 6.66. The van der Waals surface area contributed by atoms with Gasteiger partial charge in [-0.2, -0.15) is 0 Å². The lowest BCUT2D eigenvalue weighted by atomic mass is 9.77. The monoisotopic (exact) mass is 423 g/mol. The van der Waals surface area contributed by atoms with Crippen molar-refractivity contribution in [3.05, 3.63) is 12.7 Å². The molecular formula is C23H37NO6. The molecule has 0 bridgehead atoms. The highest BCUT2D eigenvalue weighted by Crippen LogP contribution is 2.39. The van der Waals surface area contributed by atoms with Crippen LogP contribution in [0.1, 0.15) is 66.2 Å². The molecule has 2 fully saturated rings. The van der Waals surface area contributed by atoms with Crippen molar-refractivity contribution in [3.63, 3.8) is 0 Å². The number of nitrogens with zero attached hydrogens (tertiary/aromatic N) is 1. The Morgan fingerprint density at radius 1 is 0.933 bits per heavy atom. The summed E-state index contributed by atoms with van der Waals surface area (Å²) in [4.78, 5) is 39.0. The smallest absolute Gasteiger partial charge is 0.330 e. The first kappa shape index (κ1) is 24.4. The van der Waals surface area contributed by atoms with Crippen LogP contribution >= 0.6 is 0 Å². The Balaban J connectivity index is 1.95. The summed E-state index contributed by atoms with van der Waals surface area (Å²) in [5, 5.41) is 0. The molecule has 7 nitrogen and oxygen atoms in total. The van der Waals surface area contributed by atoms with E-state index in [9.17, 15) is 14.4 Å². The van der Waals surface area contributed by atoms with Crippen molar-refractivity contribution in [1.29, 1.82) is 0 Å². The van der Waals surface area contributed by atoms with Crippen LogP contribution in [-0.2, 0) is 28.6 Å². The van der Waals surface area contributed by atoms with E-state index in [4.69, 9.17) is 14.2 Å². The van der Waals surface area contributed by atoms with E-state index in [2.05, 4.69) is 46.2 Å². The maximum atomic E-state index is 13.0. The van der Waals surface area contributed by atoms with E-state index in [1.165, 1.54) is 0 Å². The van der Waals surface area contributed by atoms with Crippen molar-refractivity contribution >= 4 is 17.9 Å². The van der Waals surface area contributed by atoms with Gasteiger partial charge in [0, 0.05) is 30.0 Å². The van der Waals surface area contributed by atoms with Crippen molar-refractivity contribution in [2.75, 3.05) is 20.3 Å². The predicted octanol–water partition coefficient (Wildman–Crippen LogP) is 3.26. The van der Waals surface area contributed by atoms with Gasteiger partial charge in [-0.15, -0.1) is 0 Å². The Hall–Kier alpha value is -1.89. The summed E-state index contributed by atoms with van der Waals surface area (Å²) in [5.41, 5.74) is -0.166. The normalized spacial score (nSPS) is 26.4. The third-order valence-electron chi connectivity index (χ3n) is 6.66. The molecule has 0 spiro atoms. The molecule has 1 saturated heterocycles. The van der Waals surface area contributed by atoms with Crippen molar-refractivity contribution in [1.82, 2.24) is 4.90 Å². The third kappa shape index (κ3) is 6.06. The van der Waals surface area contributed by atoms with Gasteiger partial charge < -0.3 is 14.2 Å². The first-order chi connectivity index (χ1) is 14.0. The summed E-state index contributed by atoms with van der Waals surface area (Å²) in [6.07, 6.45) is 5.41. The topological polar surface area (TPSA) is 82.1 Å². The minimum absolute atomic E-state index is 0.0296. The summed E-state index contributed by atoms with van der Waals surface area (Å²) in [7, 11) is 2.11. The van der Waals surface area contributed by atoms with E-state index in [-0.39, 0.29) is 36.4 Å². The van der Waals surface area contributed by atoms with Gasteiger partial charge in [0.05, 0.1) is 11.8 Å². The van der Waals surface area contributed by atoms with Crippen LogP contribution in [0.25, 0.3) is 0 Å². The molecule has 1 saturated carbocycles. The van der Waals surface area contributed by atoms with E-state index < -0.39 is 23.8 Å². The molecule has 30 heavy (non-hydrogen) atoms. The first-order valence-corrected chi connectivity index (χ1v) is 10.9. The number of hydrogen-bond acceptors (Lipinski definition) is 7. The highest BCUT2D eigenvalue weighted by Gasteiger charge is 2.46. The molecule has 2 unspecified atom stereocenters. The molecule has 0 aromatic heterocycles. The molecule has 0 aromatic rings. The molecule has 2 rings (SSSR count). The fourth-order valence-electron chi connectivity index (χ4n) is 4.76. The van der Waals surface area contributed by atoms with Crippen LogP contribution in [0.15, 0.2) is 12.7 Å². The summed E-state index contributed by atoms with van der Waals surface area (Å²) in [6, 6.07) is 0. The molecule has 0 amide bonds. The maximum absolute atomic E-state index is 13.0. The highest BCUT2D eigenvalue weighted by molar-refractivity contribution is 5.82. The van der Waals surface area contributed by atoms with E-state index in [1.54, 1.807) is 0 Å². The van der Waals surface area contributed by atoms with Gasteiger partial charge in [-0.3, -0.25) is 14.5 Å². The molecule has 1 aliphatic heterocycles. The standard InChI is InChI=1S/C23H37NO6/c1-7-19(25)28-12-13-29-20(26)17-10-8-9-11-18(17)21(27)30-16-14-22(2,3)24(6)23(4,5)15-16/h7,16-18H,1,8-15H2,2-6H3. The van der Waals surface area contributed by atoms with Crippen LogP contribution in [0.2, 0.25) is 0 Å². The molecule has 0 N–H and O–H groups in total. The number of esters is 3. The number of hydrogen-bond donors (Lipinski definition) is 0. The minimum atomic E-state index is -0.561. The second-order valence-electron chi connectivity index (χ2n) is 9.69. The highest BCUT2D eigenvalue weighted by atomic mass is 16.6. The lowest BCUT2D eigenvalue weighted by molar-refractivity contribution is -0.173. The van der Waals surface area contributed by atoms with Gasteiger partial charge >= 0.3 is 17.9 Å². The van der Waals surface area contributed by atoms with Gasteiger partial charge in [-0.25, -0.2) is 4.79 Å². The number of carbonyl (C=O) groups is 3. The fraction of sp³-hybridized carbons (Fsp3) is 0.783. The molecule has 2 atom stereocenters. The van der Waals surface area contributed by atoms with Gasteiger partial charge in [0.25, 0.3) is 0 Å². The summed E-state index contributed by atoms with van der Waals surface area (Å²) >= 11 is 0. The van der Waals surface area contributed by atoms with Gasteiger partial charge in [0.1, 0.15) is 19.3 Å². The largest absolute Gasteiger partial charge is 0.462 e. The van der Waals surface area contributed by atoms with Gasteiger partial charge in [0.2, 0.25) is 0 Å². The van der Waals surface area contributed by atoms with Crippen molar-refractivity contribution in [2.45, 2.75) is 83.4 Å². The van der Waals surface area contributed by atoms with Crippen LogP contribution in [-0.4, -0.2) is 60.3 Å². The number of likely N-dealkylation sites (tertiary alicyclic amines) is 1. The molecule has 2 aliphatic rings. The van der Waals surface area contributed by atoms with E-state index >= 15 is 0 Å². The fourth-order valence-corrected chi connectivity index (χ4v) is 4.76. The Kier molecular flexibility index (Phi) is 8.08. The van der Waals surface area contributed by atoms with E-state index in [0.29, 0.717) is 12.8 Å². The summed E-state index contributed by atoms with van der Waals surface area (Å²) < 4.78 is 16.0. The van der Waals surface area contributed by atoms with Crippen LogP contribution < -0.4 is 0 Å². The Bertz CT molecular complexity index is 638. The van der Waals surface area contributed by atoms with Gasteiger partial charge in [-0.05, 0) is 47.6 Å². The van der Waals surface area contributed by atoms with Crippen LogP contribution in [0.3, 0.4) is 0 Å². The second kappa shape index (κ2) is 9.94. The zero-order chi connectivity index (χ0) is 22.5. The van der Waals surface area contributed by atoms with Crippen molar-refractivity contribution in [2.24, 2.45) is 11.8 Å². The van der Waals surface area contributed by atoms with E-state index in [1.807, 2.05) is 0 Å². The molecular weight excluding hydrogens is 386 g/mol. The molecule has 170 valence electrons. The van der Waals surface area contributed by atoms with Crippen molar-refractivity contribution in [3.8, 4) is 0 Å². The lowest BCUT2D eigenvalue weighted by Crippen LogP contribution is -2.60. The molecule has 0 aromatic carbocycles. The lowest BCUT2D eigenvalue weighted by Gasteiger charge is -2.53. The molecule has 1 heterocycles. The Labute approximate surface area is 180 Å². The zero-order valence-electron chi connectivity index (χ0n) is 19.1. The zero-order valence-corrected chi connectivity index (χ0v) is 19.1. The number of ether oxygens (including phenoxy) is 3. The average Bonchev–Trinajstić information content (AvgIpc) is 2.68. The molecule has 7 heteroatoms. The second-order valence-corrected chi connectivity index (χ2v) is 9.69. The average molecular weight is 424 g/mol. The Morgan fingerprint density at radius 2 is 1.43 bits per heavy atom. The van der Waals surface area contributed by atoms with Crippen LogP contribution in [0.4, 0.5) is 0 Å². The minimum Gasteiger partial charge on any atom is -0.462 e. The van der Waals surface area contributed by atoms with E-state index in [0.717, 1.165) is 31.8 Å². The summed E-state index contributed by atoms with van der Waals surface area (Å²) in [6.45, 7) is 11.9.